The lowest BCUT2D eigenvalue weighted by molar-refractivity contribution is 0.0940. The normalized spacial score (nSPS) is 12.7. The van der Waals surface area contributed by atoms with E-state index in [9.17, 15) is 4.79 Å². The first-order valence-electron chi connectivity index (χ1n) is 7.10. The van der Waals surface area contributed by atoms with Crippen LogP contribution in [0.1, 0.15) is 22.2 Å². The van der Waals surface area contributed by atoms with Crippen molar-refractivity contribution in [2.75, 3.05) is 20.6 Å². The van der Waals surface area contributed by atoms with Crippen molar-refractivity contribution in [1.29, 1.82) is 0 Å². The molecular weight excluding hydrogens is 296 g/mol. The lowest BCUT2D eigenvalue weighted by Gasteiger charge is -2.22. The number of hydrogen-bond acceptors (Lipinski definition) is 4. The molecule has 1 atom stereocenters. The van der Waals surface area contributed by atoms with E-state index in [4.69, 9.17) is 4.42 Å². The van der Waals surface area contributed by atoms with Gasteiger partial charge < -0.3 is 9.73 Å². The van der Waals surface area contributed by atoms with E-state index in [0.29, 0.717) is 12.1 Å². The fraction of sp³-hybridized carbons (Fsp3) is 0.235. The van der Waals surface area contributed by atoms with Crippen molar-refractivity contribution < 1.29 is 9.21 Å². The Morgan fingerprint density at radius 1 is 1.32 bits per heavy atom. The van der Waals surface area contributed by atoms with Gasteiger partial charge in [-0.2, -0.15) is 11.3 Å². The molecule has 4 nitrogen and oxygen atoms in total. The van der Waals surface area contributed by atoms with Gasteiger partial charge in [-0.3, -0.25) is 9.69 Å². The maximum atomic E-state index is 12.1. The molecule has 0 saturated heterocycles. The molecule has 5 heteroatoms. The molecule has 1 N–H and O–H groups in total. The fourth-order valence-corrected chi connectivity index (χ4v) is 3.03. The first-order chi connectivity index (χ1) is 10.6. The second kappa shape index (κ2) is 6.34. The van der Waals surface area contributed by atoms with Gasteiger partial charge in [0.05, 0.1) is 6.04 Å². The van der Waals surface area contributed by atoms with Gasteiger partial charge in [0.15, 0.2) is 0 Å². The summed E-state index contributed by atoms with van der Waals surface area (Å²) in [5.41, 5.74) is 1.57. The Hall–Kier alpha value is -2.11. The van der Waals surface area contributed by atoms with Crippen LogP contribution in [-0.4, -0.2) is 31.4 Å². The average molecular weight is 314 g/mol. The number of thiophene rings is 1. The predicted molar refractivity (Wildman–Crippen MR) is 89.3 cm³/mol. The van der Waals surface area contributed by atoms with Gasteiger partial charge in [0.1, 0.15) is 11.3 Å². The Balaban J connectivity index is 1.76. The Morgan fingerprint density at radius 2 is 2.14 bits per heavy atom. The molecule has 0 saturated carbocycles. The predicted octanol–water partition coefficient (Wildman–Crippen LogP) is 3.53. The highest BCUT2D eigenvalue weighted by atomic mass is 32.1. The van der Waals surface area contributed by atoms with Gasteiger partial charge in [0, 0.05) is 22.9 Å². The first-order valence-corrected chi connectivity index (χ1v) is 8.05. The number of nitrogens with zero attached hydrogens (tertiary/aromatic N) is 1. The summed E-state index contributed by atoms with van der Waals surface area (Å²) >= 11 is 1.52. The molecule has 0 spiro atoms. The van der Waals surface area contributed by atoms with Crippen molar-refractivity contribution in [1.82, 2.24) is 10.2 Å². The quantitative estimate of drug-likeness (QED) is 0.783. The number of hydrogen-bond donors (Lipinski definition) is 1. The van der Waals surface area contributed by atoms with Crippen molar-refractivity contribution in [2.24, 2.45) is 0 Å². The number of nitrogens with one attached hydrogen (secondary N) is 1. The Morgan fingerprint density at radius 3 is 2.82 bits per heavy atom. The van der Waals surface area contributed by atoms with E-state index in [1.54, 1.807) is 0 Å². The van der Waals surface area contributed by atoms with Crippen molar-refractivity contribution in [3.63, 3.8) is 0 Å². The third kappa shape index (κ3) is 3.05. The first kappa shape index (κ1) is 14.8. The third-order valence-electron chi connectivity index (χ3n) is 3.64. The molecule has 22 heavy (non-hydrogen) atoms. The molecule has 0 aliphatic carbocycles. The molecule has 0 fully saturated rings. The van der Waals surface area contributed by atoms with Crippen molar-refractivity contribution in [2.45, 2.75) is 6.04 Å². The maximum Gasteiger partial charge on any atom is 0.252 e. The van der Waals surface area contributed by atoms with Crippen LogP contribution < -0.4 is 5.32 Å². The maximum absolute atomic E-state index is 12.1. The molecule has 0 radical (unpaired) electrons. The number of amides is 1. The summed E-state index contributed by atoms with van der Waals surface area (Å²) in [5, 5.41) is 7.80. The molecule has 2 heterocycles. The van der Waals surface area contributed by atoms with Crippen LogP contribution in [0, 0.1) is 0 Å². The number of fused-ring (bicyclic) bond motifs is 1. The molecule has 0 aliphatic heterocycles. The Bertz CT molecular complexity index is 729. The average Bonchev–Trinajstić information content (AvgIpc) is 3.16. The molecule has 1 aromatic carbocycles. The Labute approximate surface area is 133 Å². The number of para-hydroxylation sites is 1. The number of carbonyl (C=O) groups is 1. The van der Waals surface area contributed by atoms with Crippen LogP contribution in [0.5, 0.6) is 0 Å². The topological polar surface area (TPSA) is 45.5 Å². The minimum absolute atomic E-state index is 0.00464. The van der Waals surface area contributed by atoms with E-state index in [-0.39, 0.29) is 11.9 Å². The number of rotatable bonds is 5. The minimum Gasteiger partial charge on any atom is -0.459 e. The summed E-state index contributed by atoms with van der Waals surface area (Å²) in [6, 6.07) is 11.8. The number of benzene rings is 1. The number of likely N-dealkylation sites (N-methyl/N-ethyl adjacent to an activating group) is 1. The molecule has 114 valence electrons. The zero-order chi connectivity index (χ0) is 15.5. The van der Waals surface area contributed by atoms with Crippen LogP contribution in [0.25, 0.3) is 11.0 Å². The molecule has 2 aromatic heterocycles. The smallest absolute Gasteiger partial charge is 0.252 e. The Kier molecular flexibility index (Phi) is 4.27. The van der Waals surface area contributed by atoms with Crippen LogP contribution >= 0.6 is 11.3 Å². The summed E-state index contributed by atoms with van der Waals surface area (Å²) < 4.78 is 5.92. The van der Waals surface area contributed by atoms with Gasteiger partial charge >= 0.3 is 0 Å². The lowest BCUT2D eigenvalue weighted by atomic mass is 10.1. The van der Waals surface area contributed by atoms with E-state index >= 15 is 0 Å². The fourth-order valence-electron chi connectivity index (χ4n) is 2.39. The number of carbonyl (C=O) groups excluding carboxylic acids is 1. The zero-order valence-corrected chi connectivity index (χ0v) is 13.4. The third-order valence-corrected chi connectivity index (χ3v) is 4.32. The van der Waals surface area contributed by atoms with Crippen molar-refractivity contribution >= 4 is 28.2 Å². The van der Waals surface area contributed by atoms with E-state index in [2.05, 4.69) is 5.32 Å². The molecule has 3 aromatic rings. The van der Waals surface area contributed by atoms with Crippen LogP contribution in [0.15, 0.2) is 51.6 Å². The molecular formula is C17H18N2O2S. The van der Waals surface area contributed by atoms with Gasteiger partial charge in [-0.1, -0.05) is 18.2 Å². The summed E-state index contributed by atoms with van der Waals surface area (Å²) in [5.74, 6) is 0.807. The molecule has 3 rings (SSSR count). The zero-order valence-electron chi connectivity index (χ0n) is 12.6. The van der Waals surface area contributed by atoms with Crippen LogP contribution in [0.4, 0.5) is 0 Å². The molecule has 0 bridgehead atoms. The van der Waals surface area contributed by atoms with Gasteiger partial charge in [-0.15, -0.1) is 0 Å². The summed E-state index contributed by atoms with van der Waals surface area (Å²) in [6.45, 7) is 0.501. The number of furan rings is 1. The largest absolute Gasteiger partial charge is 0.459 e. The van der Waals surface area contributed by atoms with Crippen molar-refractivity contribution in [3.05, 3.63) is 58.5 Å². The highest BCUT2D eigenvalue weighted by Crippen LogP contribution is 2.26. The van der Waals surface area contributed by atoms with Crippen LogP contribution in [-0.2, 0) is 0 Å². The second-order valence-corrected chi connectivity index (χ2v) is 6.17. The second-order valence-electron chi connectivity index (χ2n) is 5.39. The van der Waals surface area contributed by atoms with E-state index in [0.717, 1.165) is 16.7 Å². The molecule has 0 aliphatic rings. The van der Waals surface area contributed by atoms with E-state index in [1.165, 1.54) is 11.3 Å². The van der Waals surface area contributed by atoms with Crippen LogP contribution in [0.3, 0.4) is 0 Å². The van der Waals surface area contributed by atoms with E-state index in [1.807, 2.05) is 66.2 Å². The van der Waals surface area contributed by atoms with Crippen LogP contribution in [0.2, 0.25) is 0 Å². The highest BCUT2D eigenvalue weighted by molar-refractivity contribution is 7.08. The van der Waals surface area contributed by atoms with Gasteiger partial charge in [0.2, 0.25) is 0 Å². The van der Waals surface area contributed by atoms with E-state index < -0.39 is 0 Å². The summed E-state index contributed by atoms with van der Waals surface area (Å²) in [7, 11) is 3.96. The van der Waals surface area contributed by atoms with Gasteiger partial charge in [0.25, 0.3) is 5.91 Å². The SMILES string of the molecule is CN(C)[C@@H](CNC(=O)c1ccsc1)c1cc2ccccc2o1. The van der Waals surface area contributed by atoms with Crippen molar-refractivity contribution in [3.8, 4) is 0 Å². The monoisotopic (exact) mass is 314 g/mol. The van der Waals surface area contributed by atoms with Gasteiger partial charge in [-0.25, -0.2) is 0 Å². The standard InChI is InChI=1S/C17H18N2O2S/c1-19(2)14(10-18-17(20)13-7-8-22-11-13)16-9-12-5-3-4-6-15(12)21-16/h3-9,11,14H,10H2,1-2H3,(H,18,20)/t14-/m0/s1. The summed E-state index contributed by atoms with van der Waals surface area (Å²) in [4.78, 5) is 14.1. The molecule has 0 unspecified atom stereocenters. The molecule has 1 amide bonds. The summed E-state index contributed by atoms with van der Waals surface area (Å²) in [6.07, 6.45) is 0. The van der Waals surface area contributed by atoms with Gasteiger partial charge in [-0.05, 0) is 37.7 Å². The highest BCUT2D eigenvalue weighted by Gasteiger charge is 2.20. The minimum atomic E-state index is -0.0517. The lowest BCUT2D eigenvalue weighted by Crippen LogP contribution is -2.34.